The van der Waals surface area contributed by atoms with Crippen molar-refractivity contribution >= 4 is 23.2 Å². The molecular formula is C24H28NOP. The van der Waals surface area contributed by atoms with Gasteiger partial charge >= 0.3 is 163 Å². The van der Waals surface area contributed by atoms with Crippen LogP contribution >= 0.6 is 7.26 Å². The molecule has 0 N–H and O–H groups in total. The fraction of sp³-hybridized carbons (Fsp3) is 0.250. The molecule has 0 aromatic heterocycles. The Morgan fingerprint density at radius 3 is 1.44 bits per heavy atom. The molecule has 140 valence electrons. The number of hydrogen-bond donors (Lipinski definition) is 0. The number of morpholine rings is 1. The molecule has 27 heavy (non-hydrogen) atoms. The standard InChI is InChI=1S/C24H28NOP/c1-4-10-22(11-5-1)27(23-12-6-2-7-13-23,24-14-8-3-9-15-24)21-18-25-16-19-26-20-17-25/h1-15,27H,16-21H2. The van der Waals surface area contributed by atoms with Gasteiger partial charge in [0.15, 0.2) is 0 Å². The minimum absolute atomic E-state index is 0.858. The summed E-state index contributed by atoms with van der Waals surface area (Å²) in [6.45, 7) is 4.92. The van der Waals surface area contributed by atoms with Gasteiger partial charge in [0.05, 0.1) is 0 Å². The zero-order chi connectivity index (χ0) is 18.4. The Hall–Kier alpha value is -1.99. The molecule has 2 nitrogen and oxygen atoms in total. The van der Waals surface area contributed by atoms with Crippen molar-refractivity contribution in [3.63, 3.8) is 0 Å². The second-order valence-electron chi connectivity index (χ2n) is 7.21. The summed E-state index contributed by atoms with van der Waals surface area (Å²) in [5.74, 6) is 0. The van der Waals surface area contributed by atoms with Crippen molar-refractivity contribution in [2.24, 2.45) is 0 Å². The molecule has 0 radical (unpaired) electrons. The summed E-state index contributed by atoms with van der Waals surface area (Å²) < 4.78 is 5.56. The van der Waals surface area contributed by atoms with Crippen LogP contribution < -0.4 is 15.9 Å². The van der Waals surface area contributed by atoms with Crippen LogP contribution in [0.4, 0.5) is 0 Å². The van der Waals surface area contributed by atoms with E-state index in [0.29, 0.717) is 0 Å². The van der Waals surface area contributed by atoms with Gasteiger partial charge in [0.2, 0.25) is 0 Å². The van der Waals surface area contributed by atoms with Crippen molar-refractivity contribution in [2.45, 2.75) is 0 Å². The quantitative estimate of drug-likeness (QED) is 0.613. The van der Waals surface area contributed by atoms with E-state index >= 15 is 0 Å². The minimum atomic E-state index is -2.09. The summed E-state index contributed by atoms with van der Waals surface area (Å²) in [4.78, 5) is 2.57. The molecule has 3 aromatic rings. The van der Waals surface area contributed by atoms with Crippen LogP contribution in [0.3, 0.4) is 0 Å². The third-order valence-corrected chi connectivity index (χ3v) is 10.6. The molecule has 0 amide bonds. The Morgan fingerprint density at radius 2 is 1.04 bits per heavy atom. The van der Waals surface area contributed by atoms with E-state index in [-0.39, 0.29) is 0 Å². The second kappa shape index (κ2) is 8.80. The van der Waals surface area contributed by atoms with Crippen LogP contribution in [0.1, 0.15) is 0 Å². The normalized spacial score (nSPS) is 16.1. The molecular weight excluding hydrogens is 349 g/mol. The zero-order valence-electron chi connectivity index (χ0n) is 15.8. The molecule has 1 aliphatic heterocycles. The Kier molecular flexibility index (Phi) is 5.99. The maximum absolute atomic E-state index is 5.56. The molecule has 1 heterocycles. The van der Waals surface area contributed by atoms with Crippen molar-refractivity contribution in [2.75, 3.05) is 39.0 Å². The number of rotatable bonds is 6. The average Bonchev–Trinajstić information content (AvgIpc) is 2.77. The summed E-state index contributed by atoms with van der Waals surface area (Å²) in [5.41, 5.74) is 0. The molecule has 1 saturated heterocycles. The summed E-state index contributed by atoms with van der Waals surface area (Å²) >= 11 is 0. The molecule has 4 rings (SSSR count). The van der Waals surface area contributed by atoms with Crippen LogP contribution in [-0.2, 0) is 4.74 Å². The van der Waals surface area contributed by atoms with E-state index in [9.17, 15) is 0 Å². The van der Waals surface area contributed by atoms with Crippen LogP contribution in [0.5, 0.6) is 0 Å². The molecule has 0 aliphatic carbocycles. The molecule has 1 aliphatic rings. The second-order valence-corrected chi connectivity index (χ2v) is 11.3. The van der Waals surface area contributed by atoms with Crippen molar-refractivity contribution in [1.82, 2.24) is 4.90 Å². The molecule has 0 bridgehead atoms. The van der Waals surface area contributed by atoms with E-state index < -0.39 is 7.26 Å². The van der Waals surface area contributed by atoms with Crippen molar-refractivity contribution in [3.8, 4) is 0 Å². The third-order valence-electron chi connectivity index (χ3n) is 5.71. The van der Waals surface area contributed by atoms with E-state index in [4.69, 9.17) is 4.74 Å². The summed E-state index contributed by atoms with van der Waals surface area (Å²) in [6, 6.07) is 33.6. The van der Waals surface area contributed by atoms with E-state index in [1.165, 1.54) is 22.1 Å². The molecule has 3 aromatic carbocycles. The molecule has 0 unspecified atom stereocenters. The van der Waals surface area contributed by atoms with Gasteiger partial charge in [-0.2, -0.15) is 0 Å². The van der Waals surface area contributed by atoms with Crippen LogP contribution in [0.2, 0.25) is 0 Å². The van der Waals surface area contributed by atoms with Gasteiger partial charge in [-0.25, -0.2) is 0 Å². The summed E-state index contributed by atoms with van der Waals surface area (Å²) in [6.07, 6.45) is 1.19. The van der Waals surface area contributed by atoms with E-state index in [1.807, 2.05) is 0 Å². The SMILES string of the molecule is c1ccc([PH](CCN2CCOCC2)(c2ccccc2)c2ccccc2)cc1. The van der Waals surface area contributed by atoms with Gasteiger partial charge in [-0.15, -0.1) is 0 Å². The Balaban J connectivity index is 1.81. The number of ether oxygens (including phenoxy) is 1. The number of hydrogen-bond acceptors (Lipinski definition) is 2. The van der Waals surface area contributed by atoms with Gasteiger partial charge in [0.1, 0.15) is 0 Å². The Bertz CT molecular complexity index is 720. The Morgan fingerprint density at radius 1 is 0.630 bits per heavy atom. The first kappa shape index (κ1) is 18.4. The summed E-state index contributed by atoms with van der Waals surface area (Å²) in [5, 5.41) is 4.49. The first-order valence-corrected chi connectivity index (χ1v) is 12.1. The topological polar surface area (TPSA) is 12.5 Å². The Labute approximate surface area is 163 Å². The van der Waals surface area contributed by atoms with Crippen molar-refractivity contribution in [3.05, 3.63) is 91.0 Å². The fourth-order valence-corrected chi connectivity index (χ4v) is 9.05. The van der Waals surface area contributed by atoms with E-state index in [0.717, 1.165) is 32.8 Å². The van der Waals surface area contributed by atoms with Gasteiger partial charge in [-0.05, 0) is 0 Å². The maximum atomic E-state index is 5.56. The third kappa shape index (κ3) is 3.99. The predicted octanol–water partition coefficient (Wildman–Crippen LogP) is 3.05. The van der Waals surface area contributed by atoms with Gasteiger partial charge in [0.25, 0.3) is 0 Å². The summed E-state index contributed by atoms with van der Waals surface area (Å²) in [7, 11) is -2.09. The van der Waals surface area contributed by atoms with Crippen molar-refractivity contribution in [1.29, 1.82) is 0 Å². The monoisotopic (exact) mass is 377 g/mol. The van der Waals surface area contributed by atoms with Gasteiger partial charge < -0.3 is 0 Å². The van der Waals surface area contributed by atoms with Gasteiger partial charge in [-0.3, -0.25) is 0 Å². The average molecular weight is 377 g/mol. The van der Waals surface area contributed by atoms with Gasteiger partial charge in [0, 0.05) is 0 Å². The van der Waals surface area contributed by atoms with Crippen LogP contribution in [0, 0.1) is 0 Å². The van der Waals surface area contributed by atoms with Crippen molar-refractivity contribution < 1.29 is 4.74 Å². The number of nitrogens with zero attached hydrogens (tertiary/aromatic N) is 1. The first-order chi connectivity index (χ1) is 13.4. The predicted molar refractivity (Wildman–Crippen MR) is 119 cm³/mol. The van der Waals surface area contributed by atoms with E-state index in [2.05, 4.69) is 95.9 Å². The molecule has 3 heteroatoms. The zero-order valence-corrected chi connectivity index (χ0v) is 16.8. The van der Waals surface area contributed by atoms with Gasteiger partial charge in [-0.1, -0.05) is 0 Å². The van der Waals surface area contributed by atoms with E-state index in [1.54, 1.807) is 0 Å². The van der Waals surface area contributed by atoms with Crippen LogP contribution in [-0.4, -0.2) is 43.9 Å². The molecule has 0 atom stereocenters. The fourth-order valence-electron chi connectivity index (χ4n) is 4.25. The molecule has 1 fully saturated rings. The van der Waals surface area contributed by atoms with Crippen LogP contribution in [0.25, 0.3) is 0 Å². The molecule has 0 saturated carbocycles. The van der Waals surface area contributed by atoms with Crippen LogP contribution in [0.15, 0.2) is 91.0 Å². The number of benzene rings is 3. The first-order valence-electron chi connectivity index (χ1n) is 9.86. The molecule has 0 spiro atoms.